The maximum atomic E-state index is 13.5. The van der Waals surface area contributed by atoms with Gasteiger partial charge in [0.1, 0.15) is 6.04 Å². The van der Waals surface area contributed by atoms with E-state index in [9.17, 15) is 14.4 Å². The van der Waals surface area contributed by atoms with Crippen molar-refractivity contribution in [2.75, 3.05) is 26.2 Å². The van der Waals surface area contributed by atoms with E-state index in [0.29, 0.717) is 32.5 Å². The average molecular weight is 548 g/mol. The molecule has 1 aliphatic carbocycles. The number of carbonyl (C=O) groups excluding carboxylic acids is 3. The van der Waals surface area contributed by atoms with Gasteiger partial charge in [-0.2, -0.15) is 0 Å². The second-order valence-electron chi connectivity index (χ2n) is 11.2. The minimum Gasteiger partial charge on any atom is -0.351 e. The van der Waals surface area contributed by atoms with Crippen LogP contribution in [-0.2, 0) is 33.9 Å². The summed E-state index contributed by atoms with van der Waals surface area (Å²) in [6, 6.07) is 17.2. The number of hydrogen-bond donors (Lipinski definition) is 3. The van der Waals surface area contributed by atoms with E-state index in [0.717, 1.165) is 56.4 Å². The Labute approximate surface area is 238 Å². The number of amides is 3. The van der Waals surface area contributed by atoms with Crippen LogP contribution in [0, 0.1) is 5.92 Å². The second kappa shape index (κ2) is 15.0. The quantitative estimate of drug-likeness (QED) is 0.401. The lowest BCUT2D eigenvalue weighted by atomic mass is 9.84. The second-order valence-corrected chi connectivity index (χ2v) is 11.2. The van der Waals surface area contributed by atoms with E-state index in [1.54, 1.807) is 6.92 Å². The summed E-state index contributed by atoms with van der Waals surface area (Å²) in [7, 11) is 0. The molecule has 8 heteroatoms. The molecule has 2 aromatic rings. The third kappa shape index (κ3) is 8.63. The first-order valence-corrected chi connectivity index (χ1v) is 14.9. The molecule has 0 spiro atoms. The third-order valence-corrected chi connectivity index (χ3v) is 8.28. The standard InChI is InChI=1S/C32H45N5O3/c1-2-29(38)35-28(32(40)37-19-17-36(18-20-37)23-26-9-5-3-6-10-26)21-24-13-15-25(16-14-24)22-34-31(39)30(33)27-11-7-4-8-12-27/h3,5-6,9-10,13-16,27-28,30H,2,4,7-8,11-12,17-23,33H2,1H3,(H,34,39)(H,35,38). The van der Waals surface area contributed by atoms with Crippen LogP contribution in [0.5, 0.6) is 0 Å². The zero-order valence-electron chi connectivity index (χ0n) is 23.8. The van der Waals surface area contributed by atoms with Crippen molar-refractivity contribution in [2.45, 2.75) is 77.0 Å². The minimum atomic E-state index is -0.604. The predicted octanol–water partition coefficient (Wildman–Crippen LogP) is 2.99. The number of nitrogens with two attached hydrogens (primary N) is 1. The van der Waals surface area contributed by atoms with Gasteiger partial charge < -0.3 is 21.3 Å². The number of nitrogens with zero attached hydrogens (tertiary/aromatic N) is 2. The van der Waals surface area contributed by atoms with Crippen molar-refractivity contribution in [3.05, 3.63) is 71.3 Å². The fourth-order valence-electron chi connectivity index (χ4n) is 5.73. The highest BCUT2D eigenvalue weighted by Gasteiger charge is 2.29. The highest BCUT2D eigenvalue weighted by atomic mass is 16.2. The van der Waals surface area contributed by atoms with Crippen molar-refractivity contribution < 1.29 is 14.4 Å². The monoisotopic (exact) mass is 547 g/mol. The summed E-state index contributed by atoms with van der Waals surface area (Å²) in [4.78, 5) is 42.6. The first kappa shape index (κ1) is 29.7. The summed E-state index contributed by atoms with van der Waals surface area (Å²) >= 11 is 0. The molecule has 4 rings (SSSR count). The predicted molar refractivity (Wildman–Crippen MR) is 157 cm³/mol. The number of rotatable bonds is 11. The van der Waals surface area contributed by atoms with Crippen molar-refractivity contribution in [2.24, 2.45) is 11.7 Å². The Balaban J connectivity index is 1.29. The first-order valence-electron chi connectivity index (χ1n) is 14.9. The molecule has 0 radical (unpaired) electrons. The van der Waals surface area contributed by atoms with Crippen molar-refractivity contribution in [3.63, 3.8) is 0 Å². The smallest absolute Gasteiger partial charge is 0.245 e. The lowest BCUT2D eigenvalue weighted by Gasteiger charge is -2.36. The van der Waals surface area contributed by atoms with Crippen LogP contribution >= 0.6 is 0 Å². The Hall–Kier alpha value is -3.23. The fourth-order valence-corrected chi connectivity index (χ4v) is 5.73. The molecule has 0 aromatic heterocycles. The lowest BCUT2D eigenvalue weighted by molar-refractivity contribution is -0.138. The molecule has 0 bridgehead atoms. The molecule has 2 fully saturated rings. The van der Waals surface area contributed by atoms with Crippen LogP contribution in [0.1, 0.15) is 62.1 Å². The molecule has 2 unspecified atom stereocenters. The molecule has 216 valence electrons. The molecule has 1 aliphatic heterocycles. The molecule has 8 nitrogen and oxygen atoms in total. The van der Waals surface area contributed by atoms with E-state index in [1.165, 1.54) is 12.0 Å². The molecule has 3 amide bonds. The van der Waals surface area contributed by atoms with Gasteiger partial charge in [0.2, 0.25) is 17.7 Å². The number of hydrogen-bond acceptors (Lipinski definition) is 5. The van der Waals surface area contributed by atoms with Crippen LogP contribution in [0.2, 0.25) is 0 Å². The normalized spacial score (nSPS) is 18.1. The molecule has 2 atom stereocenters. The topological polar surface area (TPSA) is 108 Å². The number of carbonyl (C=O) groups is 3. The summed E-state index contributed by atoms with van der Waals surface area (Å²) in [5.41, 5.74) is 9.44. The van der Waals surface area contributed by atoms with E-state index in [4.69, 9.17) is 5.73 Å². The van der Waals surface area contributed by atoms with E-state index in [-0.39, 0.29) is 23.6 Å². The van der Waals surface area contributed by atoms with Gasteiger partial charge in [-0.15, -0.1) is 0 Å². The molecule has 40 heavy (non-hydrogen) atoms. The van der Waals surface area contributed by atoms with Gasteiger partial charge in [-0.3, -0.25) is 19.3 Å². The maximum absolute atomic E-state index is 13.5. The lowest BCUT2D eigenvalue weighted by Crippen LogP contribution is -2.55. The molecular weight excluding hydrogens is 502 g/mol. The van der Waals surface area contributed by atoms with Crippen molar-refractivity contribution in [1.29, 1.82) is 0 Å². The number of piperazine rings is 1. The van der Waals surface area contributed by atoms with Gasteiger partial charge in [0, 0.05) is 52.1 Å². The number of benzene rings is 2. The highest BCUT2D eigenvalue weighted by molar-refractivity contribution is 5.88. The maximum Gasteiger partial charge on any atom is 0.245 e. The van der Waals surface area contributed by atoms with E-state index in [2.05, 4.69) is 27.7 Å². The first-order chi connectivity index (χ1) is 19.4. The van der Waals surface area contributed by atoms with Crippen molar-refractivity contribution >= 4 is 17.7 Å². The Morgan fingerprint density at radius 3 is 2.17 bits per heavy atom. The minimum absolute atomic E-state index is 0.0331. The summed E-state index contributed by atoms with van der Waals surface area (Å²) < 4.78 is 0. The molecule has 2 aromatic carbocycles. The van der Waals surface area contributed by atoms with Crippen LogP contribution < -0.4 is 16.4 Å². The van der Waals surface area contributed by atoms with E-state index in [1.807, 2.05) is 47.4 Å². The SMILES string of the molecule is CCC(=O)NC(Cc1ccc(CNC(=O)C(N)C2CCCCC2)cc1)C(=O)N1CCN(Cc2ccccc2)CC1. The Morgan fingerprint density at radius 1 is 0.875 bits per heavy atom. The van der Waals surface area contributed by atoms with Gasteiger partial charge >= 0.3 is 0 Å². The molecule has 2 aliphatic rings. The van der Waals surface area contributed by atoms with Crippen molar-refractivity contribution in [1.82, 2.24) is 20.4 Å². The Bertz CT molecular complexity index is 1090. The summed E-state index contributed by atoms with van der Waals surface area (Å²) in [5, 5.41) is 5.93. The Morgan fingerprint density at radius 2 is 1.52 bits per heavy atom. The van der Waals surface area contributed by atoms with Crippen LogP contribution in [0.25, 0.3) is 0 Å². The van der Waals surface area contributed by atoms with Gasteiger partial charge in [0.15, 0.2) is 0 Å². The average Bonchev–Trinajstić information content (AvgIpc) is 3.00. The summed E-state index contributed by atoms with van der Waals surface area (Å²) in [6.45, 7) is 5.99. The van der Waals surface area contributed by atoms with Gasteiger partial charge in [0.05, 0.1) is 6.04 Å². The Kier molecular flexibility index (Phi) is 11.1. The molecular formula is C32H45N5O3. The fraction of sp³-hybridized carbons (Fsp3) is 0.531. The van der Waals surface area contributed by atoms with Gasteiger partial charge in [0.25, 0.3) is 0 Å². The van der Waals surface area contributed by atoms with Crippen LogP contribution in [-0.4, -0.2) is 65.8 Å². The van der Waals surface area contributed by atoms with E-state index >= 15 is 0 Å². The van der Waals surface area contributed by atoms with E-state index < -0.39 is 12.1 Å². The molecule has 1 heterocycles. The zero-order chi connectivity index (χ0) is 28.3. The van der Waals surface area contributed by atoms with Gasteiger partial charge in [-0.05, 0) is 35.4 Å². The molecule has 1 saturated heterocycles. The van der Waals surface area contributed by atoms with Crippen molar-refractivity contribution in [3.8, 4) is 0 Å². The highest BCUT2D eigenvalue weighted by Crippen LogP contribution is 2.25. The van der Waals surface area contributed by atoms with Crippen LogP contribution in [0.4, 0.5) is 0 Å². The van der Waals surface area contributed by atoms with Crippen LogP contribution in [0.15, 0.2) is 54.6 Å². The van der Waals surface area contributed by atoms with Crippen LogP contribution in [0.3, 0.4) is 0 Å². The molecule has 4 N–H and O–H groups in total. The largest absolute Gasteiger partial charge is 0.351 e. The summed E-state index contributed by atoms with van der Waals surface area (Å²) in [6.07, 6.45) is 6.35. The van der Waals surface area contributed by atoms with Gasteiger partial charge in [-0.1, -0.05) is 80.8 Å². The zero-order valence-corrected chi connectivity index (χ0v) is 23.8. The third-order valence-electron chi connectivity index (χ3n) is 8.28. The number of nitrogens with one attached hydrogen (secondary N) is 2. The summed E-state index contributed by atoms with van der Waals surface area (Å²) in [5.74, 6) is 0.0208. The van der Waals surface area contributed by atoms with Gasteiger partial charge in [-0.25, -0.2) is 0 Å². The molecule has 1 saturated carbocycles.